The number of H-pyrrole nitrogens is 1. The van der Waals surface area contributed by atoms with Gasteiger partial charge in [0.15, 0.2) is 4.77 Å². The molecule has 7 heteroatoms. The van der Waals surface area contributed by atoms with Gasteiger partial charge in [0, 0.05) is 13.7 Å². The molecule has 0 aliphatic heterocycles. The number of carbonyl (C=O) groups excluding carboxylic acids is 1. The predicted molar refractivity (Wildman–Crippen MR) is 72.0 cm³/mol. The molecule has 1 amide bonds. The van der Waals surface area contributed by atoms with Crippen LogP contribution in [0.15, 0.2) is 18.2 Å². The average Bonchev–Trinajstić information content (AvgIpc) is 2.69. The van der Waals surface area contributed by atoms with Crippen LogP contribution < -0.4 is 5.32 Å². The minimum Gasteiger partial charge on any atom is -0.383 e. The number of benzene rings is 1. The number of hydrogen-bond donors (Lipinski definition) is 2. The van der Waals surface area contributed by atoms with Gasteiger partial charge in [0.25, 0.3) is 0 Å². The summed E-state index contributed by atoms with van der Waals surface area (Å²) in [5.74, 6) is -0.583. The van der Waals surface area contributed by atoms with Crippen molar-refractivity contribution in [3.05, 3.63) is 28.8 Å². The first kappa shape index (κ1) is 13.7. The number of rotatable bonds is 5. The van der Waals surface area contributed by atoms with E-state index in [4.69, 9.17) is 17.0 Å². The van der Waals surface area contributed by atoms with Crippen molar-refractivity contribution >= 4 is 29.2 Å². The van der Waals surface area contributed by atoms with E-state index < -0.39 is 0 Å². The van der Waals surface area contributed by atoms with Crippen molar-refractivity contribution in [1.82, 2.24) is 14.9 Å². The lowest BCUT2D eigenvalue weighted by molar-refractivity contribution is -0.121. The smallest absolute Gasteiger partial charge is 0.240 e. The van der Waals surface area contributed by atoms with Crippen LogP contribution in [0.5, 0.6) is 0 Å². The van der Waals surface area contributed by atoms with Gasteiger partial charge in [-0.3, -0.25) is 4.79 Å². The third-order valence-corrected chi connectivity index (χ3v) is 3.01. The van der Waals surface area contributed by atoms with Gasteiger partial charge >= 0.3 is 0 Å². The monoisotopic (exact) mass is 283 g/mol. The normalized spacial score (nSPS) is 10.8. The van der Waals surface area contributed by atoms with Crippen LogP contribution in [0.4, 0.5) is 4.39 Å². The van der Waals surface area contributed by atoms with Gasteiger partial charge in [-0.2, -0.15) is 0 Å². The van der Waals surface area contributed by atoms with Crippen LogP contribution >= 0.6 is 12.2 Å². The van der Waals surface area contributed by atoms with Crippen LogP contribution in [0.1, 0.15) is 0 Å². The molecule has 0 saturated heterocycles. The molecular formula is C12H14FN3O2S. The fraction of sp³-hybridized carbons (Fsp3) is 0.333. The van der Waals surface area contributed by atoms with Gasteiger partial charge in [-0.05, 0) is 24.4 Å². The Kier molecular flexibility index (Phi) is 4.28. The van der Waals surface area contributed by atoms with Crippen molar-refractivity contribution in [2.24, 2.45) is 0 Å². The molecular weight excluding hydrogens is 269 g/mol. The molecule has 5 nitrogen and oxygen atoms in total. The van der Waals surface area contributed by atoms with E-state index in [0.717, 1.165) is 0 Å². The maximum absolute atomic E-state index is 13.6. The molecule has 0 saturated carbocycles. The molecule has 0 aliphatic rings. The highest BCUT2D eigenvalue weighted by Gasteiger charge is 2.10. The third kappa shape index (κ3) is 2.99. The topological polar surface area (TPSA) is 59.0 Å². The molecule has 1 heterocycles. The maximum atomic E-state index is 13.6. The number of nitrogens with one attached hydrogen (secondary N) is 2. The molecule has 1 aromatic carbocycles. The number of carbonyl (C=O) groups is 1. The first-order chi connectivity index (χ1) is 9.13. The minimum atomic E-state index is -0.387. The summed E-state index contributed by atoms with van der Waals surface area (Å²) in [7, 11) is 1.56. The first-order valence-electron chi connectivity index (χ1n) is 5.76. The molecule has 0 radical (unpaired) electrons. The van der Waals surface area contributed by atoms with E-state index in [2.05, 4.69) is 10.3 Å². The fourth-order valence-corrected chi connectivity index (χ4v) is 2.06. The lowest BCUT2D eigenvalue weighted by Gasteiger charge is -2.06. The summed E-state index contributed by atoms with van der Waals surface area (Å²) in [6.45, 7) is 0.922. The Hall–Kier alpha value is -1.73. The number of hydrogen-bond acceptors (Lipinski definition) is 3. The van der Waals surface area contributed by atoms with Crippen molar-refractivity contribution in [1.29, 1.82) is 0 Å². The van der Waals surface area contributed by atoms with E-state index in [0.29, 0.717) is 29.0 Å². The summed E-state index contributed by atoms with van der Waals surface area (Å²) in [6, 6.07) is 4.64. The number of aromatic nitrogens is 2. The Morgan fingerprint density at radius 1 is 1.58 bits per heavy atom. The third-order valence-electron chi connectivity index (χ3n) is 2.69. The van der Waals surface area contributed by atoms with Crippen molar-refractivity contribution in [2.45, 2.75) is 6.54 Å². The van der Waals surface area contributed by atoms with E-state index in [1.54, 1.807) is 23.8 Å². The van der Waals surface area contributed by atoms with Crippen molar-refractivity contribution < 1.29 is 13.9 Å². The van der Waals surface area contributed by atoms with E-state index in [1.807, 2.05) is 0 Å². The van der Waals surface area contributed by atoms with E-state index in [9.17, 15) is 9.18 Å². The zero-order chi connectivity index (χ0) is 13.8. The molecule has 19 heavy (non-hydrogen) atoms. The SMILES string of the molecule is COCCNC(=O)Cn1c(=S)[nH]c2c(F)cccc21. The molecule has 102 valence electrons. The van der Waals surface area contributed by atoms with Gasteiger partial charge in [-0.25, -0.2) is 4.39 Å². The average molecular weight is 283 g/mol. The second-order valence-electron chi connectivity index (χ2n) is 3.99. The highest BCUT2D eigenvalue weighted by atomic mass is 32.1. The van der Waals surface area contributed by atoms with Gasteiger partial charge in [0.1, 0.15) is 17.9 Å². The number of fused-ring (bicyclic) bond motifs is 1. The van der Waals surface area contributed by atoms with Gasteiger partial charge in [0.2, 0.25) is 5.91 Å². The molecule has 2 aromatic rings. The molecule has 0 atom stereocenters. The number of ether oxygens (including phenoxy) is 1. The number of halogens is 1. The highest BCUT2D eigenvalue weighted by Crippen LogP contribution is 2.16. The number of para-hydroxylation sites is 1. The quantitative estimate of drug-likeness (QED) is 0.647. The second-order valence-corrected chi connectivity index (χ2v) is 4.38. The zero-order valence-electron chi connectivity index (χ0n) is 10.4. The Labute approximate surface area is 114 Å². The summed E-state index contributed by atoms with van der Waals surface area (Å²) in [5.41, 5.74) is 0.893. The number of nitrogens with zero attached hydrogens (tertiary/aromatic N) is 1. The second kappa shape index (κ2) is 5.94. The number of imidazole rings is 1. The fourth-order valence-electron chi connectivity index (χ4n) is 1.79. The summed E-state index contributed by atoms with van der Waals surface area (Å²) in [6.07, 6.45) is 0. The zero-order valence-corrected chi connectivity index (χ0v) is 11.2. The number of aromatic amines is 1. The Bertz CT molecular complexity index is 650. The standard InChI is InChI=1S/C12H14FN3O2S/c1-18-6-5-14-10(17)7-16-9-4-2-3-8(13)11(9)15-12(16)19/h2-4H,5-7H2,1H3,(H,14,17)(H,15,19). The Morgan fingerprint density at radius 3 is 3.11 bits per heavy atom. The first-order valence-corrected chi connectivity index (χ1v) is 6.17. The summed E-state index contributed by atoms with van der Waals surface area (Å²) in [4.78, 5) is 14.5. The molecule has 0 fully saturated rings. The molecule has 0 spiro atoms. The lowest BCUT2D eigenvalue weighted by atomic mass is 10.3. The van der Waals surface area contributed by atoms with E-state index in [1.165, 1.54) is 6.07 Å². The van der Waals surface area contributed by atoms with Crippen LogP contribution in [0.2, 0.25) is 0 Å². The summed E-state index contributed by atoms with van der Waals surface area (Å²) in [5, 5.41) is 2.69. The van der Waals surface area contributed by atoms with Crippen molar-refractivity contribution in [2.75, 3.05) is 20.3 Å². The largest absolute Gasteiger partial charge is 0.383 e. The number of methoxy groups -OCH3 is 1. The van der Waals surface area contributed by atoms with E-state index >= 15 is 0 Å². The van der Waals surface area contributed by atoms with Gasteiger partial charge in [0.05, 0.1) is 12.1 Å². The Morgan fingerprint density at radius 2 is 2.37 bits per heavy atom. The lowest BCUT2D eigenvalue weighted by Crippen LogP contribution is -2.30. The van der Waals surface area contributed by atoms with Gasteiger partial charge in [-0.15, -0.1) is 0 Å². The van der Waals surface area contributed by atoms with Crippen LogP contribution in [0.3, 0.4) is 0 Å². The molecule has 2 rings (SSSR count). The summed E-state index contributed by atoms with van der Waals surface area (Å²) >= 11 is 5.10. The molecule has 1 aromatic heterocycles. The van der Waals surface area contributed by atoms with Gasteiger partial charge in [-0.1, -0.05) is 6.07 Å². The molecule has 2 N–H and O–H groups in total. The van der Waals surface area contributed by atoms with Crippen LogP contribution in [0, 0.1) is 10.6 Å². The van der Waals surface area contributed by atoms with Crippen LogP contribution in [0.25, 0.3) is 11.0 Å². The van der Waals surface area contributed by atoms with Gasteiger partial charge < -0.3 is 19.6 Å². The summed E-state index contributed by atoms with van der Waals surface area (Å²) < 4.78 is 20.3. The maximum Gasteiger partial charge on any atom is 0.240 e. The van der Waals surface area contributed by atoms with E-state index in [-0.39, 0.29) is 18.3 Å². The molecule has 0 bridgehead atoms. The highest BCUT2D eigenvalue weighted by molar-refractivity contribution is 7.71. The van der Waals surface area contributed by atoms with Crippen LogP contribution in [-0.4, -0.2) is 35.7 Å². The Balaban J connectivity index is 2.21. The predicted octanol–water partition coefficient (Wildman–Crippen LogP) is 1.60. The minimum absolute atomic E-state index is 0.0476. The van der Waals surface area contributed by atoms with Crippen molar-refractivity contribution in [3.8, 4) is 0 Å². The van der Waals surface area contributed by atoms with Crippen molar-refractivity contribution in [3.63, 3.8) is 0 Å². The number of amides is 1. The van der Waals surface area contributed by atoms with Crippen LogP contribution in [-0.2, 0) is 16.1 Å². The molecule has 0 unspecified atom stereocenters. The molecule has 0 aliphatic carbocycles.